The minimum absolute atomic E-state index is 0.0216. The Morgan fingerprint density at radius 1 is 1.05 bits per heavy atom. The van der Waals surface area contributed by atoms with Crippen LogP contribution in [0.1, 0.15) is 5.56 Å². The summed E-state index contributed by atoms with van der Waals surface area (Å²) in [6.45, 7) is 0.502. The molecule has 0 spiro atoms. The van der Waals surface area contributed by atoms with Crippen LogP contribution in [0.4, 0.5) is 5.69 Å². The van der Waals surface area contributed by atoms with Crippen molar-refractivity contribution in [2.75, 3.05) is 11.9 Å². The fourth-order valence-corrected chi connectivity index (χ4v) is 1.59. The Balaban J connectivity index is 1.90. The Bertz CT molecular complexity index is 524. The first-order chi connectivity index (χ1) is 9.28. The van der Waals surface area contributed by atoms with Crippen LogP contribution in [0.3, 0.4) is 0 Å². The molecule has 4 heteroatoms. The van der Waals surface area contributed by atoms with Crippen molar-refractivity contribution in [1.29, 1.82) is 0 Å². The fraction of sp³-hybridized carbons (Fsp3) is 0.133. The van der Waals surface area contributed by atoms with E-state index < -0.39 is 0 Å². The molecule has 98 valence electrons. The van der Waals surface area contributed by atoms with E-state index in [1.165, 1.54) is 0 Å². The quantitative estimate of drug-likeness (QED) is 0.861. The number of amides is 1. The lowest BCUT2D eigenvalue weighted by atomic mass is 10.2. The molecule has 0 atom stereocenters. The average Bonchev–Trinajstić information content (AvgIpc) is 2.47. The van der Waals surface area contributed by atoms with Gasteiger partial charge in [0.2, 0.25) is 5.91 Å². The monoisotopic (exact) mass is 256 g/mol. The van der Waals surface area contributed by atoms with Crippen molar-refractivity contribution in [3.63, 3.8) is 0 Å². The number of rotatable bonds is 5. The van der Waals surface area contributed by atoms with E-state index in [9.17, 15) is 4.79 Å². The van der Waals surface area contributed by atoms with Gasteiger partial charge in [-0.25, -0.2) is 0 Å². The predicted molar refractivity (Wildman–Crippen MR) is 74.9 cm³/mol. The topological polar surface area (TPSA) is 64.4 Å². The van der Waals surface area contributed by atoms with Crippen LogP contribution >= 0.6 is 0 Å². The Morgan fingerprint density at radius 2 is 1.74 bits per heavy atom. The van der Waals surface area contributed by atoms with Crippen LogP contribution < -0.4 is 15.8 Å². The van der Waals surface area contributed by atoms with Crippen LogP contribution in [0.2, 0.25) is 0 Å². The highest BCUT2D eigenvalue weighted by atomic mass is 16.5. The van der Waals surface area contributed by atoms with E-state index >= 15 is 0 Å². The second-order valence-corrected chi connectivity index (χ2v) is 4.05. The maximum atomic E-state index is 11.1. The summed E-state index contributed by atoms with van der Waals surface area (Å²) in [7, 11) is 0. The predicted octanol–water partition coefficient (Wildman–Crippen LogP) is 2.16. The van der Waals surface area contributed by atoms with E-state index in [1.54, 1.807) is 12.1 Å². The number of ether oxygens (including phenoxy) is 1. The first kappa shape index (κ1) is 13.1. The molecule has 1 amide bonds. The molecular weight excluding hydrogens is 240 g/mol. The van der Waals surface area contributed by atoms with Gasteiger partial charge in [-0.3, -0.25) is 4.79 Å². The van der Waals surface area contributed by atoms with Crippen molar-refractivity contribution in [1.82, 2.24) is 0 Å². The molecule has 0 fully saturated rings. The van der Waals surface area contributed by atoms with Crippen LogP contribution in [-0.2, 0) is 11.4 Å². The van der Waals surface area contributed by atoms with Gasteiger partial charge in [0.1, 0.15) is 12.4 Å². The van der Waals surface area contributed by atoms with Gasteiger partial charge in [0, 0.05) is 5.69 Å². The number of nitrogens with one attached hydrogen (secondary N) is 1. The summed E-state index contributed by atoms with van der Waals surface area (Å²) in [5.74, 6) is 0.549. The molecule has 0 saturated carbocycles. The largest absolute Gasteiger partial charge is 0.489 e. The highest BCUT2D eigenvalue weighted by molar-refractivity contribution is 5.92. The third-order valence-corrected chi connectivity index (χ3v) is 2.57. The molecule has 0 radical (unpaired) electrons. The van der Waals surface area contributed by atoms with Gasteiger partial charge in [-0.05, 0) is 29.8 Å². The van der Waals surface area contributed by atoms with Crippen LogP contribution in [0.15, 0.2) is 54.6 Å². The van der Waals surface area contributed by atoms with Gasteiger partial charge in [-0.1, -0.05) is 30.3 Å². The maximum absolute atomic E-state index is 11.1. The van der Waals surface area contributed by atoms with Crippen molar-refractivity contribution in [3.8, 4) is 5.75 Å². The second kappa shape index (κ2) is 6.56. The zero-order valence-corrected chi connectivity index (χ0v) is 10.5. The lowest BCUT2D eigenvalue weighted by Crippen LogP contribution is -2.21. The summed E-state index contributed by atoms with van der Waals surface area (Å²) in [5.41, 5.74) is 7.05. The van der Waals surface area contributed by atoms with E-state index in [-0.39, 0.29) is 12.5 Å². The first-order valence-corrected chi connectivity index (χ1v) is 6.04. The van der Waals surface area contributed by atoms with Crippen LogP contribution in [0.25, 0.3) is 0 Å². The van der Waals surface area contributed by atoms with E-state index in [4.69, 9.17) is 10.5 Å². The molecule has 0 aromatic heterocycles. The minimum Gasteiger partial charge on any atom is -0.489 e. The van der Waals surface area contributed by atoms with Gasteiger partial charge in [0.25, 0.3) is 0 Å². The van der Waals surface area contributed by atoms with Crippen molar-refractivity contribution < 1.29 is 9.53 Å². The molecule has 0 aliphatic rings. The summed E-state index contributed by atoms with van der Waals surface area (Å²) in [6, 6.07) is 17.1. The SMILES string of the molecule is NCC(=O)Nc1ccc(OCc2ccccc2)cc1. The van der Waals surface area contributed by atoms with Crippen molar-refractivity contribution in [3.05, 3.63) is 60.2 Å². The summed E-state index contributed by atoms with van der Waals surface area (Å²) in [6.07, 6.45) is 0. The van der Waals surface area contributed by atoms with Gasteiger partial charge < -0.3 is 15.8 Å². The normalized spacial score (nSPS) is 9.95. The van der Waals surface area contributed by atoms with Crippen molar-refractivity contribution in [2.45, 2.75) is 6.61 Å². The van der Waals surface area contributed by atoms with E-state index in [2.05, 4.69) is 5.32 Å². The molecule has 3 N–H and O–H groups in total. The summed E-state index contributed by atoms with van der Waals surface area (Å²) in [4.78, 5) is 11.1. The second-order valence-electron chi connectivity index (χ2n) is 4.05. The zero-order valence-electron chi connectivity index (χ0n) is 10.5. The smallest absolute Gasteiger partial charge is 0.238 e. The third-order valence-electron chi connectivity index (χ3n) is 2.57. The Hall–Kier alpha value is -2.33. The molecule has 0 heterocycles. The molecule has 0 saturated heterocycles. The number of anilines is 1. The van der Waals surface area contributed by atoms with E-state index in [1.807, 2.05) is 42.5 Å². The molecule has 0 unspecified atom stereocenters. The van der Waals surface area contributed by atoms with E-state index in [0.29, 0.717) is 12.3 Å². The number of nitrogens with two attached hydrogens (primary N) is 1. The van der Waals surface area contributed by atoms with Crippen LogP contribution in [-0.4, -0.2) is 12.5 Å². The summed E-state index contributed by atoms with van der Waals surface area (Å²) in [5, 5.41) is 2.67. The van der Waals surface area contributed by atoms with Crippen LogP contribution in [0.5, 0.6) is 5.75 Å². The van der Waals surface area contributed by atoms with Crippen molar-refractivity contribution >= 4 is 11.6 Å². The highest BCUT2D eigenvalue weighted by Gasteiger charge is 2.00. The molecule has 19 heavy (non-hydrogen) atoms. The minimum atomic E-state index is -0.210. The molecule has 0 bridgehead atoms. The van der Waals surface area contributed by atoms with Crippen molar-refractivity contribution in [2.24, 2.45) is 5.73 Å². The van der Waals surface area contributed by atoms with Gasteiger partial charge in [-0.15, -0.1) is 0 Å². The number of carbonyl (C=O) groups is 1. The Labute approximate surface area is 112 Å². The maximum Gasteiger partial charge on any atom is 0.238 e. The first-order valence-electron chi connectivity index (χ1n) is 6.04. The zero-order chi connectivity index (χ0) is 13.5. The number of benzene rings is 2. The Morgan fingerprint density at radius 3 is 2.37 bits per heavy atom. The standard InChI is InChI=1S/C15H16N2O2/c16-10-15(18)17-13-6-8-14(9-7-13)19-11-12-4-2-1-3-5-12/h1-9H,10-11,16H2,(H,17,18). The van der Waals surface area contributed by atoms with Gasteiger partial charge in [0.05, 0.1) is 6.54 Å². The summed E-state index contributed by atoms with van der Waals surface area (Å²) >= 11 is 0. The average molecular weight is 256 g/mol. The number of carbonyl (C=O) groups excluding carboxylic acids is 1. The lowest BCUT2D eigenvalue weighted by Gasteiger charge is -2.08. The third kappa shape index (κ3) is 4.12. The van der Waals surface area contributed by atoms with Gasteiger partial charge in [0.15, 0.2) is 0 Å². The molecule has 2 aromatic carbocycles. The Kier molecular flexibility index (Phi) is 4.53. The molecule has 0 aliphatic heterocycles. The number of hydrogen-bond acceptors (Lipinski definition) is 3. The molecular formula is C15H16N2O2. The van der Waals surface area contributed by atoms with Gasteiger partial charge >= 0.3 is 0 Å². The lowest BCUT2D eigenvalue weighted by molar-refractivity contribution is -0.114. The molecule has 2 rings (SSSR count). The van der Waals surface area contributed by atoms with E-state index in [0.717, 1.165) is 11.3 Å². The highest BCUT2D eigenvalue weighted by Crippen LogP contribution is 2.16. The van der Waals surface area contributed by atoms with Gasteiger partial charge in [-0.2, -0.15) is 0 Å². The molecule has 0 aliphatic carbocycles. The van der Waals surface area contributed by atoms with Crippen LogP contribution in [0, 0.1) is 0 Å². The summed E-state index contributed by atoms with van der Waals surface area (Å²) < 4.78 is 5.64. The fourth-order valence-electron chi connectivity index (χ4n) is 1.59. The molecule has 2 aromatic rings. The number of hydrogen-bond donors (Lipinski definition) is 2. The molecule has 4 nitrogen and oxygen atoms in total.